The van der Waals surface area contributed by atoms with E-state index in [-0.39, 0.29) is 11.8 Å². The summed E-state index contributed by atoms with van der Waals surface area (Å²) in [6.07, 6.45) is 1.60. The number of carbonyl (C=O) groups excluding carboxylic acids is 3. The van der Waals surface area contributed by atoms with Crippen molar-refractivity contribution in [3.63, 3.8) is 0 Å². The van der Waals surface area contributed by atoms with Gasteiger partial charge in [-0.15, -0.1) is 0 Å². The maximum absolute atomic E-state index is 12.1. The molecule has 0 bridgehead atoms. The molecule has 1 aliphatic heterocycles. The van der Waals surface area contributed by atoms with Gasteiger partial charge in [-0.2, -0.15) is 0 Å². The minimum atomic E-state index is -0.428. The molecule has 1 heterocycles. The Bertz CT molecular complexity index is 887. The molecule has 0 saturated carbocycles. The van der Waals surface area contributed by atoms with Crippen LogP contribution in [0.1, 0.15) is 28.4 Å². The van der Waals surface area contributed by atoms with Gasteiger partial charge in [0.25, 0.3) is 11.8 Å². The molecule has 0 radical (unpaired) electrons. The molecule has 1 aliphatic rings. The summed E-state index contributed by atoms with van der Waals surface area (Å²) in [5, 5.41) is 8.15. The monoisotopic (exact) mass is 335 g/mol. The van der Waals surface area contributed by atoms with E-state index in [1.54, 1.807) is 36.5 Å². The summed E-state index contributed by atoms with van der Waals surface area (Å²) in [7, 11) is 0. The SMILES string of the molecule is CC(=O)Nc1cccc(CNC=C2C(=O)NC(=O)c3ccccc32)c1. The first-order chi connectivity index (χ1) is 12.0. The molecule has 6 nitrogen and oxygen atoms in total. The molecule has 0 atom stereocenters. The number of hydrogen-bond donors (Lipinski definition) is 3. The van der Waals surface area contributed by atoms with Crippen LogP contribution in [0.5, 0.6) is 0 Å². The standard InChI is InChI=1S/C19H17N3O3/c1-12(23)21-14-6-4-5-13(9-14)10-20-11-17-15-7-2-3-8-16(15)18(24)22-19(17)25/h2-9,11,20H,10H2,1H3,(H,21,23)(H,22,24,25). The Kier molecular flexibility index (Phi) is 4.61. The Balaban J connectivity index is 1.76. The molecule has 2 aromatic rings. The zero-order chi connectivity index (χ0) is 17.8. The van der Waals surface area contributed by atoms with Gasteiger partial charge in [0.1, 0.15) is 0 Å². The molecule has 0 saturated heterocycles. The Labute approximate surface area is 144 Å². The fourth-order valence-corrected chi connectivity index (χ4v) is 2.65. The highest BCUT2D eigenvalue weighted by Crippen LogP contribution is 2.23. The van der Waals surface area contributed by atoms with Crippen LogP contribution in [0, 0.1) is 0 Å². The number of anilines is 1. The summed E-state index contributed by atoms with van der Waals surface area (Å²) in [6, 6.07) is 14.4. The molecule has 25 heavy (non-hydrogen) atoms. The summed E-state index contributed by atoms with van der Waals surface area (Å²) in [5.41, 5.74) is 3.15. The lowest BCUT2D eigenvalue weighted by Crippen LogP contribution is -2.36. The van der Waals surface area contributed by atoms with Crippen molar-refractivity contribution in [2.24, 2.45) is 0 Å². The van der Waals surface area contributed by atoms with Crippen LogP contribution in [0.15, 0.2) is 54.7 Å². The minimum Gasteiger partial charge on any atom is -0.386 e. The van der Waals surface area contributed by atoms with Crippen LogP contribution in [0.25, 0.3) is 5.57 Å². The molecule has 3 N–H and O–H groups in total. The largest absolute Gasteiger partial charge is 0.386 e. The molecule has 0 fully saturated rings. The lowest BCUT2D eigenvalue weighted by atomic mass is 9.96. The molecule has 2 aromatic carbocycles. The summed E-state index contributed by atoms with van der Waals surface area (Å²) in [4.78, 5) is 35.1. The van der Waals surface area contributed by atoms with Crippen LogP contribution in [0.3, 0.4) is 0 Å². The normalized spacial score (nSPS) is 14.7. The van der Waals surface area contributed by atoms with E-state index in [1.807, 2.05) is 18.2 Å². The zero-order valence-electron chi connectivity index (χ0n) is 13.6. The van der Waals surface area contributed by atoms with Gasteiger partial charge >= 0.3 is 0 Å². The summed E-state index contributed by atoms with van der Waals surface area (Å²) in [6.45, 7) is 1.93. The van der Waals surface area contributed by atoms with Gasteiger partial charge in [0.05, 0.1) is 5.57 Å². The molecule has 126 valence electrons. The van der Waals surface area contributed by atoms with Crippen LogP contribution in [0.2, 0.25) is 0 Å². The number of fused-ring (bicyclic) bond motifs is 1. The second-order valence-corrected chi connectivity index (χ2v) is 5.65. The molecule has 0 spiro atoms. The highest BCUT2D eigenvalue weighted by Gasteiger charge is 2.26. The number of rotatable bonds is 4. The summed E-state index contributed by atoms with van der Waals surface area (Å²) < 4.78 is 0. The van der Waals surface area contributed by atoms with E-state index in [1.165, 1.54) is 6.92 Å². The Morgan fingerprint density at radius 3 is 2.56 bits per heavy atom. The third-order valence-electron chi connectivity index (χ3n) is 3.73. The van der Waals surface area contributed by atoms with Gasteiger partial charge in [-0.1, -0.05) is 30.3 Å². The van der Waals surface area contributed by atoms with Gasteiger partial charge in [-0.05, 0) is 23.8 Å². The van der Waals surface area contributed by atoms with E-state index in [2.05, 4.69) is 16.0 Å². The second-order valence-electron chi connectivity index (χ2n) is 5.65. The van der Waals surface area contributed by atoms with Gasteiger partial charge in [-0.25, -0.2) is 0 Å². The molecule has 0 unspecified atom stereocenters. The van der Waals surface area contributed by atoms with Crippen molar-refractivity contribution in [3.8, 4) is 0 Å². The van der Waals surface area contributed by atoms with E-state index < -0.39 is 5.91 Å². The van der Waals surface area contributed by atoms with Crippen LogP contribution in [-0.4, -0.2) is 17.7 Å². The fraction of sp³-hybridized carbons (Fsp3) is 0.105. The van der Waals surface area contributed by atoms with Crippen LogP contribution >= 0.6 is 0 Å². The van der Waals surface area contributed by atoms with Crippen molar-refractivity contribution >= 4 is 29.0 Å². The number of benzene rings is 2. The molecule has 0 aliphatic carbocycles. The summed E-state index contributed by atoms with van der Waals surface area (Å²) in [5.74, 6) is -0.948. The van der Waals surface area contributed by atoms with Crippen molar-refractivity contribution in [1.29, 1.82) is 0 Å². The molecule has 3 rings (SSSR count). The maximum atomic E-state index is 12.1. The van der Waals surface area contributed by atoms with Gasteiger partial charge < -0.3 is 10.6 Å². The smallest absolute Gasteiger partial charge is 0.260 e. The Hall–Kier alpha value is -3.41. The van der Waals surface area contributed by atoms with E-state index in [9.17, 15) is 14.4 Å². The van der Waals surface area contributed by atoms with E-state index in [0.717, 1.165) is 5.56 Å². The zero-order valence-corrected chi connectivity index (χ0v) is 13.6. The fourth-order valence-electron chi connectivity index (χ4n) is 2.65. The topological polar surface area (TPSA) is 87.3 Å². The van der Waals surface area contributed by atoms with Crippen molar-refractivity contribution in [2.75, 3.05) is 5.32 Å². The Morgan fingerprint density at radius 1 is 1.04 bits per heavy atom. The summed E-state index contributed by atoms with van der Waals surface area (Å²) >= 11 is 0. The quantitative estimate of drug-likeness (QED) is 0.589. The highest BCUT2D eigenvalue weighted by molar-refractivity contribution is 6.30. The molecule has 3 amide bonds. The van der Waals surface area contributed by atoms with Gasteiger partial charge in [-0.3, -0.25) is 19.7 Å². The number of amides is 3. The van der Waals surface area contributed by atoms with Crippen LogP contribution in [0.4, 0.5) is 5.69 Å². The van der Waals surface area contributed by atoms with Crippen molar-refractivity contribution < 1.29 is 14.4 Å². The first-order valence-electron chi connectivity index (χ1n) is 7.80. The van der Waals surface area contributed by atoms with E-state index in [0.29, 0.717) is 28.9 Å². The second kappa shape index (κ2) is 7.00. The van der Waals surface area contributed by atoms with E-state index >= 15 is 0 Å². The van der Waals surface area contributed by atoms with Crippen molar-refractivity contribution in [3.05, 3.63) is 71.4 Å². The van der Waals surface area contributed by atoms with E-state index in [4.69, 9.17) is 0 Å². The first kappa shape index (κ1) is 16.4. The average Bonchev–Trinajstić information content (AvgIpc) is 2.57. The number of nitrogens with one attached hydrogen (secondary N) is 3. The van der Waals surface area contributed by atoms with Crippen molar-refractivity contribution in [1.82, 2.24) is 10.6 Å². The maximum Gasteiger partial charge on any atom is 0.260 e. The van der Waals surface area contributed by atoms with Crippen LogP contribution in [-0.2, 0) is 16.1 Å². The van der Waals surface area contributed by atoms with Crippen LogP contribution < -0.4 is 16.0 Å². The predicted octanol–water partition coefficient (Wildman–Crippen LogP) is 2.05. The third-order valence-corrected chi connectivity index (χ3v) is 3.73. The highest BCUT2D eigenvalue weighted by atomic mass is 16.2. The Morgan fingerprint density at radius 2 is 1.80 bits per heavy atom. The molecule has 6 heteroatoms. The number of hydrogen-bond acceptors (Lipinski definition) is 4. The molecular formula is C19H17N3O3. The van der Waals surface area contributed by atoms with Gasteiger partial charge in [0.15, 0.2) is 0 Å². The van der Waals surface area contributed by atoms with Gasteiger partial charge in [0, 0.05) is 36.5 Å². The minimum absolute atomic E-state index is 0.132. The molecular weight excluding hydrogens is 318 g/mol. The first-order valence-corrected chi connectivity index (χ1v) is 7.80. The lowest BCUT2D eigenvalue weighted by molar-refractivity contribution is -0.115. The predicted molar refractivity (Wildman–Crippen MR) is 94.5 cm³/mol. The average molecular weight is 335 g/mol. The number of carbonyl (C=O) groups is 3. The lowest BCUT2D eigenvalue weighted by Gasteiger charge is -2.18. The molecule has 0 aromatic heterocycles. The number of imide groups is 1. The van der Waals surface area contributed by atoms with Gasteiger partial charge in [0.2, 0.25) is 5.91 Å². The van der Waals surface area contributed by atoms with Crippen molar-refractivity contribution in [2.45, 2.75) is 13.5 Å². The third kappa shape index (κ3) is 3.74.